The first-order valence-corrected chi connectivity index (χ1v) is 9.77. The third-order valence-electron chi connectivity index (χ3n) is 6.24. The molecule has 2 aliphatic heterocycles. The summed E-state index contributed by atoms with van der Waals surface area (Å²) >= 11 is 0. The number of para-hydroxylation sites is 1. The molecule has 2 aromatic carbocycles. The number of nitrogens with one attached hydrogen (secondary N) is 1. The Balaban J connectivity index is 1.56. The fourth-order valence-corrected chi connectivity index (χ4v) is 4.57. The number of hydrazine groups is 1. The quantitative estimate of drug-likeness (QED) is 0.768. The van der Waals surface area contributed by atoms with E-state index < -0.39 is 0 Å². The second-order valence-corrected chi connectivity index (χ2v) is 8.14. The van der Waals surface area contributed by atoms with Gasteiger partial charge in [-0.3, -0.25) is 0 Å². The summed E-state index contributed by atoms with van der Waals surface area (Å²) in [6.45, 7) is 4.49. The summed E-state index contributed by atoms with van der Waals surface area (Å²) in [4.78, 5) is 0. The monoisotopic (exact) mass is 346 g/mol. The van der Waals surface area contributed by atoms with Gasteiger partial charge in [-0.05, 0) is 43.4 Å². The summed E-state index contributed by atoms with van der Waals surface area (Å²) in [6, 6.07) is 17.5. The molecule has 0 unspecified atom stereocenters. The van der Waals surface area contributed by atoms with Crippen LogP contribution in [-0.4, -0.2) is 10.7 Å². The van der Waals surface area contributed by atoms with Gasteiger partial charge in [0.05, 0.1) is 11.7 Å². The molecule has 1 N–H and O–H groups in total. The van der Waals surface area contributed by atoms with Crippen LogP contribution in [0.5, 0.6) is 5.75 Å². The Kier molecular flexibility index (Phi) is 3.61. The highest BCUT2D eigenvalue weighted by Gasteiger charge is 2.51. The molecule has 3 nitrogen and oxygen atoms in total. The molecule has 1 fully saturated rings. The highest BCUT2D eigenvalue weighted by Crippen LogP contribution is 2.50. The molecule has 2 heterocycles. The highest BCUT2D eigenvalue weighted by molar-refractivity contribution is 5.67. The molecular weight excluding hydrogens is 320 g/mol. The summed E-state index contributed by atoms with van der Waals surface area (Å²) in [7, 11) is 0. The van der Waals surface area contributed by atoms with E-state index in [0.717, 1.165) is 24.5 Å². The largest absolute Gasteiger partial charge is 0.471 e. The van der Waals surface area contributed by atoms with Crippen LogP contribution in [0.1, 0.15) is 55.3 Å². The van der Waals surface area contributed by atoms with Crippen molar-refractivity contribution >= 4 is 5.70 Å². The summed E-state index contributed by atoms with van der Waals surface area (Å²) < 4.78 is 6.66. The lowest BCUT2D eigenvalue weighted by Crippen LogP contribution is -2.60. The summed E-state index contributed by atoms with van der Waals surface area (Å²) in [5, 5.41) is 2.39. The standard InChI is InChI=1S/C23H26N2O/c1-16-7-9-18(10-8-16)20-15-21-19-5-3-4-6-22(19)26-23(25(21)24-20)13-11-17(2)12-14-23/h3-10,15,17,21,24H,11-14H2,1-2H3/t17?,21-,23?/m1/s1. The van der Waals surface area contributed by atoms with Crippen LogP contribution >= 0.6 is 0 Å². The van der Waals surface area contributed by atoms with Gasteiger partial charge in [-0.2, -0.15) is 5.01 Å². The van der Waals surface area contributed by atoms with Gasteiger partial charge in [-0.1, -0.05) is 55.0 Å². The van der Waals surface area contributed by atoms with E-state index in [1.165, 1.54) is 35.2 Å². The molecule has 1 saturated carbocycles. The average Bonchev–Trinajstić information content (AvgIpc) is 3.12. The second-order valence-electron chi connectivity index (χ2n) is 8.14. The molecule has 3 heteroatoms. The van der Waals surface area contributed by atoms with Gasteiger partial charge in [0.15, 0.2) is 5.72 Å². The molecule has 3 aliphatic rings. The first-order chi connectivity index (χ1) is 12.6. The fraction of sp³-hybridized carbons (Fsp3) is 0.391. The molecule has 1 spiro atoms. The van der Waals surface area contributed by atoms with Crippen molar-refractivity contribution in [2.45, 2.75) is 51.3 Å². The van der Waals surface area contributed by atoms with Crippen molar-refractivity contribution in [2.75, 3.05) is 0 Å². The van der Waals surface area contributed by atoms with E-state index in [1.54, 1.807) is 0 Å². The molecule has 0 amide bonds. The second kappa shape index (κ2) is 5.88. The minimum Gasteiger partial charge on any atom is -0.471 e. The maximum absolute atomic E-state index is 6.66. The van der Waals surface area contributed by atoms with Crippen LogP contribution in [-0.2, 0) is 0 Å². The predicted molar refractivity (Wildman–Crippen MR) is 104 cm³/mol. The number of rotatable bonds is 1. The van der Waals surface area contributed by atoms with Gasteiger partial charge in [0.2, 0.25) is 0 Å². The van der Waals surface area contributed by atoms with E-state index in [-0.39, 0.29) is 11.8 Å². The van der Waals surface area contributed by atoms with Crippen molar-refractivity contribution in [1.29, 1.82) is 0 Å². The van der Waals surface area contributed by atoms with Gasteiger partial charge in [0, 0.05) is 18.4 Å². The molecule has 1 aliphatic carbocycles. The summed E-state index contributed by atoms with van der Waals surface area (Å²) in [5.74, 6) is 1.83. The number of ether oxygens (including phenoxy) is 1. The smallest absolute Gasteiger partial charge is 0.180 e. The first kappa shape index (κ1) is 16.0. The molecule has 0 bridgehead atoms. The third kappa shape index (κ3) is 2.45. The van der Waals surface area contributed by atoms with Crippen LogP contribution in [0.4, 0.5) is 0 Å². The number of benzene rings is 2. The molecule has 26 heavy (non-hydrogen) atoms. The fourth-order valence-electron chi connectivity index (χ4n) is 4.57. The maximum atomic E-state index is 6.66. The Labute approximate surface area is 155 Å². The zero-order valence-electron chi connectivity index (χ0n) is 15.5. The van der Waals surface area contributed by atoms with Gasteiger partial charge >= 0.3 is 0 Å². The lowest BCUT2D eigenvalue weighted by atomic mass is 9.82. The number of nitrogens with zero attached hydrogens (tertiary/aromatic N) is 1. The highest BCUT2D eigenvalue weighted by atomic mass is 16.5. The zero-order chi connectivity index (χ0) is 17.7. The first-order valence-electron chi connectivity index (χ1n) is 9.77. The van der Waals surface area contributed by atoms with Crippen LogP contribution in [0, 0.1) is 12.8 Å². The van der Waals surface area contributed by atoms with E-state index in [2.05, 4.69) is 78.9 Å². The van der Waals surface area contributed by atoms with E-state index in [1.807, 2.05) is 0 Å². The lowest BCUT2D eigenvalue weighted by Gasteiger charge is -2.51. The van der Waals surface area contributed by atoms with Crippen LogP contribution in [0.25, 0.3) is 5.70 Å². The van der Waals surface area contributed by atoms with E-state index in [0.29, 0.717) is 0 Å². The number of hydrogen-bond donors (Lipinski definition) is 1. The molecular formula is C23H26N2O. The zero-order valence-corrected chi connectivity index (χ0v) is 15.5. The SMILES string of the molecule is Cc1ccc(C2=C[C@@H]3c4ccccc4OC4(CCC(C)CC4)N3N2)cc1. The Morgan fingerprint density at radius 3 is 2.54 bits per heavy atom. The maximum Gasteiger partial charge on any atom is 0.180 e. The molecule has 0 aromatic heterocycles. The number of fused-ring (bicyclic) bond motifs is 4. The molecule has 5 rings (SSSR count). The summed E-state index contributed by atoms with van der Waals surface area (Å²) in [5.41, 5.74) is 8.44. The Morgan fingerprint density at radius 1 is 1.04 bits per heavy atom. The van der Waals surface area contributed by atoms with Crippen LogP contribution < -0.4 is 10.2 Å². The van der Waals surface area contributed by atoms with Crippen LogP contribution in [0.3, 0.4) is 0 Å². The van der Waals surface area contributed by atoms with E-state index >= 15 is 0 Å². The van der Waals surface area contributed by atoms with Gasteiger partial charge in [-0.15, -0.1) is 0 Å². The van der Waals surface area contributed by atoms with Crippen molar-refractivity contribution < 1.29 is 4.74 Å². The van der Waals surface area contributed by atoms with Gasteiger partial charge < -0.3 is 10.2 Å². The third-order valence-corrected chi connectivity index (χ3v) is 6.24. The van der Waals surface area contributed by atoms with Crippen LogP contribution in [0.15, 0.2) is 54.6 Å². The summed E-state index contributed by atoms with van der Waals surface area (Å²) in [6.07, 6.45) is 6.94. The normalized spacial score (nSPS) is 30.2. The average molecular weight is 346 g/mol. The van der Waals surface area contributed by atoms with Gasteiger partial charge in [0.1, 0.15) is 5.75 Å². The molecule has 0 saturated heterocycles. The lowest BCUT2D eigenvalue weighted by molar-refractivity contribution is -0.155. The Bertz CT molecular complexity index is 847. The van der Waals surface area contributed by atoms with Gasteiger partial charge in [-0.25, -0.2) is 0 Å². The number of aryl methyl sites for hydroxylation is 1. The topological polar surface area (TPSA) is 24.5 Å². The van der Waals surface area contributed by atoms with Gasteiger partial charge in [0.25, 0.3) is 0 Å². The van der Waals surface area contributed by atoms with E-state index in [9.17, 15) is 0 Å². The van der Waals surface area contributed by atoms with Crippen molar-refractivity contribution in [3.8, 4) is 5.75 Å². The van der Waals surface area contributed by atoms with E-state index in [4.69, 9.17) is 4.74 Å². The minimum atomic E-state index is -0.242. The molecule has 2 aromatic rings. The minimum absolute atomic E-state index is 0.227. The van der Waals surface area contributed by atoms with Crippen LogP contribution in [0.2, 0.25) is 0 Å². The molecule has 1 atom stereocenters. The van der Waals surface area contributed by atoms with Crippen molar-refractivity contribution in [3.63, 3.8) is 0 Å². The van der Waals surface area contributed by atoms with Crippen molar-refractivity contribution in [2.24, 2.45) is 5.92 Å². The Hall–Kier alpha value is -2.26. The Morgan fingerprint density at radius 2 is 1.77 bits per heavy atom. The molecule has 0 radical (unpaired) electrons. The molecule has 134 valence electrons. The predicted octanol–water partition coefficient (Wildman–Crippen LogP) is 5.20. The number of hydrogen-bond acceptors (Lipinski definition) is 3. The van der Waals surface area contributed by atoms with Crippen molar-refractivity contribution in [3.05, 3.63) is 71.3 Å². The van der Waals surface area contributed by atoms with Crippen molar-refractivity contribution in [1.82, 2.24) is 10.4 Å².